The highest BCUT2D eigenvalue weighted by Gasteiger charge is 2.51. The molecule has 31 heavy (non-hydrogen) atoms. The largest absolute Gasteiger partial charge is 0.394 e. The van der Waals surface area contributed by atoms with E-state index in [1.807, 2.05) is 0 Å². The van der Waals surface area contributed by atoms with Crippen LogP contribution < -0.4 is 5.32 Å². The van der Waals surface area contributed by atoms with E-state index >= 15 is 0 Å². The summed E-state index contributed by atoms with van der Waals surface area (Å²) < 4.78 is 19.9. The predicted molar refractivity (Wildman–Crippen MR) is 104 cm³/mol. The van der Waals surface area contributed by atoms with Gasteiger partial charge in [-0.2, -0.15) is 0 Å². The lowest BCUT2D eigenvalue weighted by Crippen LogP contribution is -2.68. The molecule has 0 unspecified atom stereocenters. The van der Waals surface area contributed by atoms with Gasteiger partial charge >= 0.3 is 0 Å². The highest BCUT2D eigenvalue weighted by atomic mass is 35.6. The van der Waals surface area contributed by atoms with E-state index in [9.17, 15) is 35.4 Å². The number of alkyl halides is 3. The molecule has 2 heterocycles. The molecule has 0 aromatic rings. The van der Waals surface area contributed by atoms with Gasteiger partial charge in [0, 0.05) is 6.92 Å². The fourth-order valence-electron chi connectivity index (χ4n) is 3.27. The Kier molecular flexibility index (Phi) is 9.98. The molecule has 2 aliphatic heterocycles. The van der Waals surface area contributed by atoms with Crippen LogP contribution in [0.25, 0.3) is 0 Å². The summed E-state index contributed by atoms with van der Waals surface area (Å²) >= 11 is 17.0. The van der Waals surface area contributed by atoms with Crippen LogP contribution in [0.2, 0.25) is 0 Å². The second-order valence-electron chi connectivity index (χ2n) is 7.17. The first-order valence-electron chi connectivity index (χ1n) is 9.25. The molecule has 2 rings (SSSR count). The number of halogens is 3. The first-order valence-corrected chi connectivity index (χ1v) is 10.4. The van der Waals surface area contributed by atoms with Crippen LogP contribution in [0.15, 0.2) is 0 Å². The number of nitrogens with one attached hydrogen (secondary N) is 1. The van der Waals surface area contributed by atoms with Crippen LogP contribution >= 0.6 is 34.8 Å². The molecule has 10 atom stereocenters. The van der Waals surface area contributed by atoms with Crippen LogP contribution in [0, 0.1) is 0 Å². The van der Waals surface area contributed by atoms with E-state index in [0.717, 1.165) is 0 Å². The molecule has 0 aromatic heterocycles. The highest BCUT2D eigenvalue weighted by Crippen LogP contribution is 2.32. The third-order valence-corrected chi connectivity index (χ3v) is 5.10. The maximum atomic E-state index is 11.7. The van der Waals surface area contributed by atoms with E-state index in [1.165, 1.54) is 6.92 Å². The van der Waals surface area contributed by atoms with Gasteiger partial charge in [-0.25, -0.2) is 0 Å². The van der Waals surface area contributed by atoms with E-state index in [-0.39, 0.29) is 0 Å². The molecule has 182 valence electrons. The van der Waals surface area contributed by atoms with Gasteiger partial charge in [0.2, 0.25) is 9.70 Å². The maximum Gasteiger partial charge on any atom is 0.217 e. The Morgan fingerprint density at radius 1 is 0.935 bits per heavy atom. The van der Waals surface area contributed by atoms with Crippen LogP contribution in [-0.4, -0.2) is 122 Å². The molecule has 0 spiro atoms. The maximum absolute atomic E-state index is 11.7. The number of ether oxygens (including phenoxy) is 4. The summed E-state index contributed by atoms with van der Waals surface area (Å²) in [7, 11) is 0. The minimum Gasteiger partial charge on any atom is -0.394 e. The fraction of sp³-hybridized carbons (Fsp3) is 0.938. The second kappa shape index (κ2) is 11.4. The molecule has 0 aromatic carbocycles. The van der Waals surface area contributed by atoms with Gasteiger partial charge in [0.15, 0.2) is 12.6 Å². The van der Waals surface area contributed by atoms with Crippen molar-refractivity contribution in [2.45, 2.75) is 72.1 Å². The first-order chi connectivity index (χ1) is 14.4. The van der Waals surface area contributed by atoms with E-state index < -0.39 is 90.9 Å². The molecule has 0 saturated carbocycles. The molecule has 2 aliphatic rings. The minimum atomic E-state index is -1.84. The monoisotopic (exact) mass is 513 g/mol. The van der Waals surface area contributed by atoms with Crippen molar-refractivity contribution in [3.63, 3.8) is 0 Å². The van der Waals surface area contributed by atoms with Crippen molar-refractivity contribution in [2.75, 3.05) is 19.8 Å². The zero-order valence-electron chi connectivity index (χ0n) is 16.3. The van der Waals surface area contributed by atoms with Gasteiger partial charge in [0.05, 0.1) is 19.8 Å². The third kappa shape index (κ3) is 6.96. The summed E-state index contributed by atoms with van der Waals surface area (Å²) in [5.74, 6) is -0.576. The van der Waals surface area contributed by atoms with Crippen LogP contribution in [0.5, 0.6) is 0 Å². The van der Waals surface area contributed by atoms with Gasteiger partial charge in [-0.3, -0.25) is 4.79 Å². The average molecular weight is 515 g/mol. The SMILES string of the molecule is CC(=O)N[C@H]1[C@H](OCC(Cl)(Cl)Cl)O[C@H](CO)[C@@H](O)[C@@H]1O[C@@H]1O[C@H](CO)[C@H](O)[C@H](O)[C@H]1O. The van der Waals surface area contributed by atoms with E-state index in [2.05, 4.69) is 5.32 Å². The summed E-state index contributed by atoms with van der Waals surface area (Å²) in [6, 6.07) is -1.24. The van der Waals surface area contributed by atoms with Crippen molar-refractivity contribution in [3.8, 4) is 0 Å². The Morgan fingerprint density at radius 3 is 2.00 bits per heavy atom. The molecule has 0 bridgehead atoms. The van der Waals surface area contributed by atoms with Gasteiger partial charge in [-0.05, 0) is 0 Å². The number of hydrogen-bond acceptors (Lipinski definition) is 11. The standard InChI is InChI=1S/C16H26Cl3NO11/c1-5(23)20-8-13(31-15-12(27)11(26)9(24)6(2-21)30-15)10(25)7(3-22)29-14(8)28-4-16(17,18)19/h6-15,21-22,24-27H,2-4H2,1H3,(H,20,23)/t6-,7-,8-,9+,10-,11+,12-,13-,14-,15+/m1/s1. The molecule has 2 saturated heterocycles. The van der Waals surface area contributed by atoms with E-state index in [0.29, 0.717) is 0 Å². The Balaban J connectivity index is 2.29. The third-order valence-electron chi connectivity index (χ3n) is 4.77. The molecule has 0 aliphatic carbocycles. The van der Waals surface area contributed by atoms with Crippen molar-refractivity contribution in [2.24, 2.45) is 0 Å². The lowest BCUT2D eigenvalue weighted by Gasteiger charge is -2.47. The lowest BCUT2D eigenvalue weighted by atomic mass is 9.95. The zero-order valence-corrected chi connectivity index (χ0v) is 18.5. The molecule has 0 radical (unpaired) electrons. The Hall–Kier alpha value is -0.0600. The quantitative estimate of drug-likeness (QED) is 0.173. The Bertz CT molecular complexity index is 596. The van der Waals surface area contributed by atoms with Crippen LogP contribution in [0.1, 0.15) is 6.92 Å². The average Bonchev–Trinajstić information content (AvgIpc) is 2.69. The normalized spacial score (nSPS) is 41.7. The Labute approximate surface area is 192 Å². The zero-order chi connectivity index (χ0) is 23.5. The number of carbonyl (C=O) groups excluding carboxylic acids is 1. The summed E-state index contributed by atoms with van der Waals surface area (Å²) in [5.41, 5.74) is 0. The molecule has 1 amide bonds. The molecular formula is C16H26Cl3NO11. The topological polar surface area (TPSA) is 187 Å². The van der Waals surface area contributed by atoms with Crippen molar-refractivity contribution in [1.82, 2.24) is 5.32 Å². The predicted octanol–water partition coefficient (Wildman–Crippen LogP) is -2.86. The fourth-order valence-corrected chi connectivity index (χ4v) is 3.46. The smallest absolute Gasteiger partial charge is 0.217 e. The lowest BCUT2D eigenvalue weighted by molar-refractivity contribution is -0.344. The molecule has 12 nitrogen and oxygen atoms in total. The van der Waals surface area contributed by atoms with Gasteiger partial charge in [0.25, 0.3) is 0 Å². The summed E-state index contributed by atoms with van der Waals surface area (Å²) in [5, 5.41) is 62.1. The van der Waals surface area contributed by atoms with Crippen molar-refractivity contribution >= 4 is 40.7 Å². The number of aliphatic hydroxyl groups excluding tert-OH is 6. The number of aliphatic hydroxyl groups is 6. The molecular weight excluding hydrogens is 489 g/mol. The van der Waals surface area contributed by atoms with Crippen molar-refractivity contribution in [1.29, 1.82) is 0 Å². The molecule has 2 fully saturated rings. The van der Waals surface area contributed by atoms with Crippen LogP contribution in [-0.2, 0) is 23.7 Å². The minimum absolute atomic E-state index is 0.487. The van der Waals surface area contributed by atoms with Gasteiger partial charge in [-0.15, -0.1) is 0 Å². The number of rotatable bonds is 7. The molecule has 7 N–H and O–H groups in total. The Morgan fingerprint density at radius 2 is 1.48 bits per heavy atom. The number of hydrogen-bond donors (Lipinski definition) is 7. The van der Waals surface area contributed by atoms with Crippen molar-refractivity contribution < 1.29 is 54.4 Å². The summed E-state index contributed by atoms with van der Waals surface area (Å²) in [4.78, 5) is 11.7. The molecule has 15 heteroatoms. The second-order valence-corrected chi connectivity index (χ2v) is 9.68. The van der Waals surface area contributed by atoms with Crippen LogP contribution in [0.4, 0.5) is 0 Å². The first kappa shape index (κ1) is 27.2. The summed E-state index contributed by atoms with van der Waals surface area (Å²) in [6.45, 7) is -0.707. The van der Waals surface area contributed by atoms with Gasteiger partial charge < -0.3 is 54.9 Å². The van der Waals surface area contributed by atoms with Gasteiger partial charge in [0.1, 0.15) is 48.8 Å². The van der Waals surface area contributed by atoms with Gasteiger partial charge in [-0.1, -0.05) is 34.8 Å². The highest BCUT2D eigenvalue weighted by molar-refractivity contribution is 6.67. The van der Waals surface area contributed by atoms with E-state index in [1.54, 1.807) is 0 Å². The van der Waals surface area contributed by atoms with E-state index in [4.69, 9.17) is 53.8 Å². The van der Waals surface area contributed by atoms with Crippen molar-refractivity contribution in [3.05, 3.63) is 0 Å². The number of amides is 1. The number of carbonyl (C=O) groups is 1. The van der Waals surface area contributed by atoms with Crippen LogP contribution in [0.3, 0.4) is 0 Å². The summed E-state index contributed by atoms with van der Waals surface area (Å²) in [6.07, 6.45) is -13.7.